The molecule has 0 saturated heterocycles. The molecule has 56 valence electrons. The molecule has 0 atom stereocenters. The summed E-state index contributed by atoms with van der Waals surface area (Å²) in [6, 6.07) is 0. The van der Waals surface area contributed by atoms with Crippen LogP contribution in [0.1, 0.15) is 0 Å². The van der Waals surface area contributed by atoms with Crippen molar-refractivity contribution in [3.8, 4) is 0 Å². The van der Waals surface area contributed by atoms with Gasteiger partial charge in [-0.25, -0.2) is 0 Å². The first-order chi connectivity index (χ1) is 3.73. The highest BCUT2D eigenvalue weighted by Crippen LogP contribution is 2.26. The lowest BCUT2D eigenvalue weighted by molar-refractivity contribution is 0.507. The van der Waals surface area contributed by atoms with Gasteiger partial charge in [0.25, 0.3) is 0 Å². The molecule has 0 saturated carbocycles. The summed E-state index contributed by atoms with van der Waals surface area (Å²) >= 11 is 13.2. The van der Waals surface area contributed by atoms with Gasteiger partial charge in [0.15, 0.2) is 0 Å². The van der Waals surface area contributed by atoms with Crippen LogP contribution in [0.3, 0.4) is 0 Å². The first-order valence-corrected chi connectivity index (χ1v) is 2.54. The number of hydrogen-bond donors (Lipinski definition) is 0. The molecule has 0 aromatic heterocycles. The van der Waals surface area contributed by atoms with Crippen LogP contribution in [0.2, 0.25) is 0 Å². The van der Waals surface area contributed by atoms with Crippen molar-refractivity contribution in [2.45, 2.75) is 4.05 Å². The first kappa shape index (κ1) is 12.3. The van der Waals surface area contributed by atoms with E-state index in [1.54, 1.807) is 0 Å². The Morgan fingerprint density at radius 3 is 1.00 bits per heavy atom. The molecule has 0 nitrogen and oxygen atoms in total. The third-order valence-corrected chi connectivity index (χ3v) is 0. The summed E-state index contributed by atoms with van der Waals surface area (Å²) in [4.78, 5) is 0. The molecule has 0 aliphatic rings. The Morgan fingerprint density at radius 2 is 1.00 bits per heavy atom. The van der Waals surface area contributed by atoms with Gasteiger partial charge in [-0.15, -0.1) is 0 Å². The Bertz CT molecular complexity index is 52.6. The predicted octanol–water partition coefficient (Wildman–Crippen LogP) is 3.16. The standard InChI is InChI=1S/CCl3F.BF3/c2-1(3,4)5;2-1(3)4. The van der Waals surface area contributed by atoms with E-state index in [-0.39, 0.29) is 0 Å². The van der Waals surface area contributed by atoms with Gasteiger partial charge >= 0.3 is 11.6 Å². The van der Waals surface area contributed by atoms with Gasteiger partial charge in [-0.2, -0.15) is 4.39 Å². The van der Waals surface area contributed by atoms with Crippen LogP contribution in [0.25, 0.3) is 0 Å². The molecule has 8 heteroatoms. The summed E-state index contributed by atoms with van der Waals surface area (Å²) in [5.74, 6) is 0. The second-order valence-corrected chi connectivity index (χ2v) is 2.82. The molecule has 0 spiro atoms. The first-order valence-electron chi connectivity index (χ1n) is 1.41. The van der Waals surface area contributed by atoms with Crippen molar-refractivity contribution in [1.29, 1.82) is 0 Å². The van der Waals surface area contributed by atoms with Crippen LogP contribution in [0.5, 0.6) is 0 Å². The van der Waals surface area contributed by atoms with E-state index in [1.807, 2.05) is 0 Å². The van der Waals surface area contributed by atoms with Gasteiger partial charge in [-0.05, 0) is 34.8 Å². The minimum atomic E-state index is -3.67. The summed E-state index contributed by atoms with van der Waals surface area (Å²) in [5, 5.41) is 0. The van der Waals surface area contributed by atoms with Crippen LogP contribution in [-0.4, -0.2) is 11.6 Å². The maximum Gasteiger partial charge on any atom is 0.762 e. The molecule has 0 amide bonds. The fourth-order valence-electron chi connectivity index (χ4n) is 0. The van der Waals surface area contributed by atoms with Crippen LogP contribution in [-0.2, 0) is 0 Å². The zero-order valence-electron chi connectivity index (χ0n) is 3.72. The van der Waals surface area contributed by atoms with E-state index in [0.717, 1.165) is 0 Å². The van der Waals surface area contributed by atoms with Gasteiger partial charge in [0.05, 0.1) is 0 Å². The minimum Gasteiger partial charge on any atom is -0.254 e. The number of alkyl halides is 4. The molecule has 9 heavy (non-hydrogen) atoms. The van der Waals surface area contributed by atoms with Crippen molar-refractivity contribution in [3.05, 3.63) is 0 Å². The molecule has 0 rings (SSSR count). The van der Waals surface area contributed by atoms with E-state index in [1.165, 1.54) is 0 Å². The highest BCUT2D eigenvalue weighted by atomic mass is 35.6. The zero-order chi connectivity index (χ0) is 8.08. The van der Waals surface area contributed by atoms with E-state index in [2.05, 4.69) is 34.8 Å². The van der Waals surface area contributed by atoms with Crippen molar-refractivity contribution in [1.82, 2.24) is 0 Å². The maximum absolute atomic E-state index is 11.0. The number of hydrogen-bond acceptors (Lipinski definition) is 0. The fraction of sp³-hybridized carbons (Fsp3) is 1.00. The summed E-state index contributed by atoms with van der Waals surface area (Å²) < 4.78 is 37.4. The van der Waals surface area contributed by atoms with Crippen LogP contribution in [0, 0.1) is 0 Å². The lowest BCUT2D eigenvalue weighted by Crippen LogP contribution is -1.83. The topological polar surface area (TPSA) is 0 Å². The highest BCUT2D eigenvalue weighted by Gasteiger charge is 2.14. The molecular formula is CBCl3F4. The molecule has 0 unspecified atom stereocenters. The third-order valence-electron chi connectivity index (χ3n) is 0. The highest BCUT2D eigenvalue weighted by molar-refractivity contribution is 6.66. The number of halogens is 7. The van der Waals surface area contributed by atoms with Gasteiger partial charge in [-0.3, -0.25) is 12.9 Å². The van der Waals surface area contributed by atoms with Crippen LogP contribution in [0.15, 0.2) is 0 Å². The van der Waals surface area contributed by atoms with Crippen LogP contribution < -0.4 is 0 Å². The smallest absolute Gasteiger partial charge is 0.254 e. The molecule has 0 bridgehead atoms. The lowest BCUT2D eigenvalue weighted by atomic mass is 10.5. The average Bonchev–Trinajstić information content (AvgIpc) is 1.19. The molecule has 0 aliphatic carbocycles. The molecule has 0 aromatic carbocycles. The summed E-state index contributed by atoms with van der Waals surface area (Å²) in [6.45, 7) is 0. The van der Waals surface area contributed by atoms with E-state index in [9.17, 15) is 17.3 Å². The fourth-order valence-corrected chi connectivity index (χ4v) is 0. The SMILES string of the molecule is FB(F)F.FC(Cl)(Cl)Cl. The normalized spacial score (nSPS) is 9.67. The second kappa shape index (κ2) is 5.44. The maximum atomic E-state index is 11.0. The predicted molar refractivity (Wildman–Crippen MR) is 30.5 cm³/mol. The number of rotatable bonds is 0. The molecule has 0 N–H and O–H groups in total. The van der Waals surface area contributed by atoms with Gasteiger partial charge in [0, 0.05) is 0 Å². The van der Waals surface area contributed by atoms with Crippen LogP contribution in [0.4, 0.5) is 17.3 Å². The summed E-state index contributed by atoms with van der Waals surface area (Å²) in [6.07, 6.45) is 0. The van der Waals surface area contributed by atoms with Crippen molar-refractivity contribution in [2.75, 3.05) is 0 Å². The Hall–Kier alpha value is 0.655. The van der Waals surface area contributed by atoms with Crippen molar-refractivity contribution >= 4 is 42.3 Å². The average molecular weight is 205 g/mol. The summed E-state index contributed by atoms with van der Waals surface area (Å²) in [5.41, 5.74) is 0. The Labute approximate surface area is 64.3 Å². The Balaban J connectivity index is 0. The molecule has 0 fully saturated rings. The van der Waals surface area contributed by atoms with Gasteiger partial charge in [0.2, 0.25) is 0 Å². The molecule has 0 heterocycles. The van der Waals surface area contributed by atoms with Crippen molar-refractivity contribution < 1.29 is 17.3 Å². The Kier molecular flexibility index (Phi) is 7.46. The van der Waals surface area contributed by atoms with Gasteiger partial charge in [0.1, 0.15) is 0 Å². The Morgan fingerprint density at radius 1 is 1.00 bits per heavy atom. The van der Waals surface area contributed by atoms with E-state index >= 15 is 0 Å². The van der Waals surface area contributed by atoms with E-state index < -0.39 is 11.6 Å². The molecule has 0 aliphatic heterocycles. The lowest BCUT2D eigenvalue weighted by Gasteiger charge is -1.89. The molecule has 0 aromatic rings. The van der Waals surface area contributed by atoms with Gasteiger partial charge < -0.3 is 0 Å². The van der Waals surface area contributed by atoms with Crippen molar-refractivity contribution in [2.24, 2.45) is 0 Å². The van der Waals surface area contributed by atoms with Crippen molar-refractivity contribution in [3.63, 3.8) is 0 Å². The second-order valence-electron chi connectivity index (χ2n) is 0.676. The summed E-state index contributed by atoms with van der Waals surface area (Å²) in [7, 11) is -3.67. The monoisotopic (exact) mass is 204 g/mol. The molecular weight excluding hydrogens is 205 g/mol. The zero-order valence-corrected chi connectivity index (χ0v) is 5.99. The third kappa shape index (κ3) is 894. The van der Waals surface area contributed by atoms with E-state index in [0.29, 0.717) is 0 Å². The molecule has 0 radical (unpaired) electrons. The largest absolute Gasteiger partial charge is 0.762 e. The van der Waals surface area contributed by atoms with E-state index in [4.69, 9.17) is 0 Å². The van der Waals surface area contributed by atoms with Crippen LogP contribution >= 0.6 is 34.8 Å². The minimum absolute atomic E-state index is 2.58. The quantitative estimate of drug-likeness (QED) is 0.323. The van der Waals surface area contributed by atoms with Gasteiger partial charge in [-0.1, -0.05) is 0 Å².